The number of benzene rings is 2. The Kier molecular flexibility index (Phi) is 8.52. The average Bonchev–Trinajstić information content (AvgIpc) is 3.49. The smallest absolute Gasteiger partial charge is 0.341 e. The number of anilines is 1. The van der Waals surface area contributed by atoms with Crippen LogP contribution < -0.4 is 5.32 Å². The highest BCUT2D eigenvalue weighted by Gasteiger charge is 2.26. The van der Waals surface area contributed by atoms with Crippen molar-refractivity contribution in [2.24, 2.45) is 0 Å². The molecule has 2 aromatic heterocycles. The van der Waals surface area contributed by atoms with E-state index in [0.717, 1.165) is 28.8 Å². The van der Waals surface area contributed by atoms with Crippen molar-refractivity contribution in [3.8, 4) is 17.1 Å². The highest BCUT2D eigenvalue weighted by Crippen LogP contribution is 2.35. The van der Waals surface area contributed by atoms with Crippen molar-refractivity contribution < 1.29 is 24.0 Å². The first-order valence-electron chi connectivity index (χ1n) is 11.7. The van der Waals surface area contributed by atoms with Gasteiger partial charge >= 0.3 is 5.97 Å². The largest absolute Gasteiger partial charge is 0.462 e. The van der Waals surface area contributed by atoms with Gasteiger partial charge in [0.2, 0.25) is 5.91 Å². The molecule has 0 fully saturated rings. The second-order valence-corrected chi connectivity index (χ2v) is 10.1. The summed E-state index contributed by atoms with van der Waals surface area (Å²) in [6.07, 6.45) is 0. The third-order valence-corrected chi connectivity index (χ3v) is 7.75. The Balaban J connectivity index is 1.60. The van der Waals surface area contributed by atoms with Crippen molar-refractivity contribution in [3.05, 3.63) is 80.7 Å². The second-order valence-electron chi connectivity index (χ2n) is 8.15. The van der Waals surface area contributed by atoms with Crippen molar-refractivity contribution >= 4 is 51.4 Å². The summed E-state index contributed by atoms with van der Waals surface area (Å²) in [5, 5.41) is 23.0. The minimum absolute atomic E-state index is 0.0465. The molecule has 0 saturated heterocycles. The van der Waals surface area contributed by atoms with Crippen LogP contribution in [0, 0.1) is 17.0 Å². The summed E-state index contributed by atoms with van der Waals surface area (Å²) in [5.74, 6) is -0.865. The number of hydrogen-bond acceptors (Lipinski definition) is 10. The van der Waals surface area contributed by atoms with E-state index < -0.39 is 16.8 Å². The molecule has 13 heteroatoms. The zero-order chi connectivity index (χ0) is 28.1. The van der Waals surface area contributed by atoms with E-state index in [-0.39, 0.29) is 34.4 Å². The molecule has 0 bridgehead atoms. The number of amides is 1. The van der Waals surface area contributed by atoms with Gasteiger partial charge in [-0.25, -0.2) is 4.79 Å². The standard InChI is InChI=1S/C26H23N5O6S2/c1-4-37-25(34)21-15(2)22(16(3)32)39-24(21)27-20(33)14-38-26-29-28-23(30(26)18-8-6-5-7-9-18)17-10-12-19(13-11-17)31(35)36/h5-13H,4,14H2,1-3H3,(H,27,33). The van der Waals surface area contributed by atoms with Crippen LogP contribution in [0.5, 0.6) is 0 Å². The maximum Gasteiger partial charge on any atom is 0.341 e. The van der Waals surface area contributed by atoms with Gasteiger partial charge in [-0.1, -0.05) is 30.0 Å². The van der Waals surface area contributed by atoms with Gasteiger partial charge in [-0.05, 0) is 50.6 Å². The molecule has 0 aliphatic rings. The van der Waals surface area contributed by atoms with Crippen LogP contribution in [0.4, 0.5) is 10.7 Å². The number of Topliss-reactive ketones (excluding diaryl/α,β-unsaturated/α-hetero) is 1. The molecule has 0 unspecified atom stereocenters. The number of nitro benzene ring substituents is 1. The Morgan fingerprint density at radius 2 is 1.79 bits per heavy atom. The summed E-state index contributed by atoms with van der Waals surface area (Å²) >= 11 is 2.16. The minimum Gasteiger partial charge on any atom is -0.462 e. The number of rotatable bonds is 10. The summed E-state index contributed by atoms with van der Waals surface area (Å²) < 4.78 is 6.88. The molecule has 200 valence electrons. The van der Waals surface area contributed by atoms with Crippen molar-refractivity contribution in [3.63, 3.8) is 0 Å². The molecule has 11 nitrogen and oxygen atoms in total. The number of nitrogens with zero attached hydrogens (tertiary/aromatic N) is 4. The van der Waals surface area contributed by atoms with Crippen LogP contribution in [0.1, 0.15) is 39.4 Å². The van der Waals surface area contributed by atoms with E-state index >= 15 is 0 Å². The molecule has 0 radical (unpaired) electrons. The predicted octanol–water partition coefficient (Wildman–Crippen LogP) is 5.32. The second kappa shape index (κ2) is 12.0. The number of carbonyl (C=O) groups excluding carboxylic acids is 3. The quantitative estimate of drug-likeness (QED) is 0.0887. The van der Waals surface area contributed by atoms with E-state index in [1.165, 1.54) is 19.1 Å². The maximum atomic E-state index is 13.0. The minimum atomic E-state index is -0.613. The number of hydrogen-bond donors (Lipinski definition) is 1. The first-order valence-corrected chi connectivity index (χ1v) is 13.5. The third-order valence-electron chi connectivity index (χ3n) is 5.52. The predicted molar refractivity (Wildman–Crippen MR) is 148 cm³/mol. The molecular formula is C26H23N5O6S2. The number of nitrogens with one attached hydrogen (secondary N) is 1. The Hall–Kier alpha value is -4.36. The Labute approximate surface area is 231 Å². The van der Waals surface area contributed by atoms with Crippen LogP contribution in [0.2, 0.25) is 0 Å². The molecule has 4 aromatic rings. The lowest BCUT2D eigenvalue weighted by Gasteiger charge is -2.10. The summed E-state index contributed by atoms with van der Waals surface area (Å²) in [7, 11) is 0. The van der Waals surface area contributed by atoms with E-state index in [4.69, 9.17) is 4.74 Å². The molecule has 1 N–H and O–H groups in total. The fraction of sp³-hybridized carbons (Fsp3) is 0.192. The lowest BCUT2D eigenvalue weighted by molar-refractivity contribution is -0.384. The Bertz CT molecular complexity index is 1550. The monoisotopic (exact) mass is 565 g/mol. The number of non-ortho nitro benzene ring substituents is 1. The third kappa shape index (κ3) is 6.04. The first kappa shape index (κ1) is 27.7. The number of ether oxygens (including phenoxy) is 1. The van der Waals surface area contributed by atoms with Crippen molar-refractivity contribution in [1.82, 2.24) is 14.8 Å². The maximum absolute atomic E-state index is 13.0. The summed E-state index contributed by atoms with van der Waals surface area (Å²) in [4.78, 5) is 48.5. The van der Waals surface area contributed by atoms with Gasteiger partial charge in [0.15, 0.2) is 16.8 Å². The number of nitro groups is 1. The van der Waals surface area contributed by atoms with Gasteiger partial charge in [0.1, 0.15) is 5.00 Å². The van der Waals surface area contributed by atoms with Gasteiger partial charge in [0.25, 0.3) is 5.69 Å². The van der Waals surface area contributed by atoms with E-state index in [0.29, 0.717) is 27.0 Å². The SMILES string of the molecule is CCOC(=O)c1c(NC(=O)CSc2nnc(-c3ccc([N+](=O)[O-])cc3)n2-c2ccccc2)sc(C(C)=O)c1C. The van der Waals surface area contributed by atoms with E-state index in [1.54, 1.807) is 30.5 Å². The molecule has 4 rings (SSSR count). The summed E-state index contributed by atoms with van der Waals surface area (Å²) in [6, 6.07) is 15.2. The molecule has 0 atom stereocenters. The summed E-state index contributed by atoms with van der Waals surface area (Å²) in [5.41, 5.74) is 1.93. The molecular weight excluding hydrogens is 542 g/mol. The van der Waals surface area contributed by atoms with Crippen LogP contribution in [0.15, 0.2) is 59.8 Å². The molecule has 39 heavy (non-hydrogen) atoms. The van der Waals surface area contributed by atoms with Gasteiger partial charge in [-0.2, -0.15) is 0 Å². The van der Waals surface area contributed by atoms with Crippen LogP contribution >= 0.6 is 23.1 Å². The zero-order valence-corrected chi connectivity index (χ0v) is 22.8. The highest BCUT2D eigenvalue weighted by atomic mass is 32.2. The number of esters is 1. The summed E-state index contributed by atoms with van der Waals surface area (Å²) in [6.45, 7) is 4.87. The molecule has 0 aliphatic carbocycles. The van der Waals surface area contributed by atoms with Crippen LogP contribution in [0.25, 0.3) is 17.1 Å². The van der Waals surface area contributed by atoms with Crippen LogP contribution in [-0.4, -0.2) is 49.7 Å². The molecule has 2 aromatic carbocycles. The number of thiophene rings is 1. The normalized spacial score (nSPS) is 10.7. The van der Waals surface area contributed by atoms with E-state index in [2.05, 4.69) is 15.5 Å². The van der Waals surface area contributed by atoms with Crippen molar-refractivity contribution in [1.29, 1.82) is 0 Å². The van der Waals surface area contributed by atoms with Gasteiger partial charge in [-0.15, -0.1) is 21.5 Å². The number of thioether (sulfide) groups is 1. The van der Waals surface area contributed by atoms with Crippen molar-refractivity contribution in [2.75, 3.05) is 17.7 Å². The van der Waals surface area contributed by atoms with Gasteiger partial charge in [-0.3, -0.25) is 24.3 Å². The van der Waals surface area contributed by atoms with Gasteiger partial charge < -0.3 is 10.1 Å². The first-order chi connectivity index (χ1) is 18.7. The molecule has 2 heterocycles. The lowest BCUT2D eigenvalue weighted by atomic mass is 10.1. The van der Waals surface area contributed by atoms with Gasteiger partial charge in [0, 0.05) is 23.4 Å². The van der Waals surface area contributed by atoms with Gasteiger partial charge in [0.05, 0.1) is 27.7 Å². The molecule has 1 amide bonds. The van der Waals surface area contributed by atoms with Crippen molar-refractivity contribution in [2.45, 2.75) is 25.9 Å². The Morgan fingerprint density at radius 1 is 1.10 bits per heavy atom. The molecule has 0 spiro atoms. The molecule has 0 aliphatic heterocycles. The molecule has 0 saturated carbocycles. The van der Waals surface area contributed by atoms with E-state index in [1.807, 2.05) is 30.3 Å². The average molecular weight is 566 g/mol. The number of carbonyl (C=O) groups is 3. The van der Waals surface area contributed by atoms with Crippen LogP contribution in [-0.2, 0) is 9.53 Å². The van der Waals surface area contributed by atoms with Crippen LogP contribution in [0.3, 0.4) is 0 Å². The fourth-order valence-corrected chi connectivity index (χ4v) is 5.63. The topological polar surface area (TPSA) is 146 Å². The number of aromatic nitrogens is 3. The number of ketones is 1. The Morgan fingerprint density at radius 3 is 2.41 bits per heavy atom. The lowest BCUT2D eigenvalue weighted by Crippen LogP contribution is -2.17. The zero-order valence-electron chi connectivity index (χ0n) is 21.2. The number of para-hydroxylation sites is 1. The fourth-order valence-electron chi connectivity index (χ4n) is 3.77. The van der Waals surface area contributed by atoms with E-state index in [9.17, 15) is 24.5 Å². The highest BCUT2D eigenvalue weighted by molar-refractivity contribution is 7.99.